The number of aliphatic hydroxyl groups is 2. The number of nitrogens with zero attached hydrogens (tertiary/aromatic N) is 1. The van der Waals surface area contributed by atoms with Gasteiger partial charge in [0.1, 0.15) is 5.41 Å². The molecule has 4 aromatic carbocycles. The van der Waals surface area contributed by atoms with Gasteiger partial charge in [0.15, 0.2) is 0 Å². The van der Waals surface area contributed by atoms with Crippen LogP contribution >= 0.6 is 0 Å². The molecule has 0 spiro atoms. The number of primary amides is 1. The number of amides is 2. The molecule has 0 radical (unpaired) electrons. The Bertz CT molecular complexity index is 1550. The second kappa shape index (κ2) is 14.8. The van der Waals surface area contributed by atoms with Crippen LogP contribution in [0.25, 0.3) is 0 Å². The lowest BCUT2D eigenvalue weighted by Gasteiger charge is -2.58. The van der Waals surface area contributed by atoms with Gasteiger partial charge in [-0.25, -0.2) is 0 Å². The van der Waals surface area contributed by atoms with Crippen LogP contribution in [-0.4, -0.2) is 50.2 Å². The van der Waals surface area contributed by atoms with Crippen LogP contribution in [0.3, 0.4) is 0 Å². The molecule has 1 fully saturated rings. The van der Waals surface area contributed by atoms with Gasteiger partial charge in [0.25, 0.3) is 0 Å². The summed E-state index contributed by atoms with van der Waals surface area (Å²) in [5.74, 6) is -1.09. The van der Waals surface area contributed by atoms with Crippen LogP contribution < -0.4 is 5.73 Å². The van der Waals surface area contributed by atoms with Crippen molar-refractivity contribution in [2.24, 2.45) is 22.0 Å². The minimum atomic E-state index is -1.53. The second-order valence-corrected chi connectivity index (χ2v) is 17.1. The maximum atomic E-state index is 15.6. The van der Waals surface area contributed by atoms with Crippen LogP contribution in [-0.2, 0) is 35.3 Å². The van der Waals surface area contributed by atoms with E-state index in [1.54, 1.807) is 4.90 Å². The fourth-order valence-corrected chi connectivity index (χ4v) is 8.59. The van der Waals surface area contributed by atoms with Crippen LogP contribution in [0.15, 0.2) is 121 Å². The Morgan fingerprint density at radius 1 is 0.569 bits per heavy atom. The Morgan fingerprint density at radius 3 is 1.02 bits per heavy atom. The summed E-state index contributed by atoms with van der Waals surface area (Å²) in [6.07, 6.45) is 1.62. The van der Waals surface area contributed by atoms with E-state index in [4.69, 9.17) is 5.73 Å². The first-order valence-electron chi connectivity index (χ1n) is 18.2. The molecule has 4 N–H and O–H groups in total. The van der Waals surface area contributed by atoms with E-state index >= 15 is 4.79 Å². The molecule has 0 aromatic heterocycles. The summed E-state index contributed by atoms with van der Waals surface area (Å²) in [5, 5.41) is 27.1. The van der Waals surface area contributed by atoms with Crippen molar-refractivity contribution >= 4 is 11.8 Å². The van der Waals surface area contributed by atoms with E-state index in [0.29, 0.717) is 12.8 Å². The molecule has 6 heteroatoms. The SMILES string of the molecule is CC(C)(C)C(N(C(=O)C1(C(N)=O)CC1)C(C(C)(C)C)C(O)(Cc1ccccc1)Cc1ccccc1)C(O)(Cc1ccccc1)Cc1ccccc1. The van der Waals surface area contributed by atoms with Crippen molar-refractivity contribution in [3.8, 4) is 0 Å². The summed E-state index contributed by atoms with van der Waals surface area (Å²) >= 11 is 0. The lowest BCUT2D eigenvalue weighted by Crippen LogP contribution is -2.73. The maximum Gasteiger partial charge on any atom is 0.238 e. The van der Waals surface area contributed by atoms with Crippen LogP contribution in [0.1, 0.15) is 76.6 Å². The predicted octanol–water partition coefficient (Wildman–Crippen LogP) is 7.34. The summed E-state index contributed by atoms with van der Waals surface area (Å²) in [6.45, 7) is 12.2. The zero-order valence-electron chi connectivity index (χ0n) is 31.2. The number of carbonyl (C=O) groups excluding carboxylic acids is 2. The van der Waals surface area contributed by atoms with E-state index in [9.17, 15) is 15.0 Å². The lowest BCUT2D eigenvalue weighted by atomic mass is 9.65. The number of nitrogens with two attached hydrogens (primary N) is 1. The number of hydrogen-bond donors (Lipinski definition) is 3. The molecule has 270 valence electrons. The minimum absolute atomic E-state index is 0.241. The third kappa shape index (κ3) is 8.62. The Hall–Kier alpha value is -4.26. The molecule has 51 heavy (non-hydrogen) atoms. The zero-order chi connectivity index (χ0) is 37.1. The van der Waals surface area contributed by atoms with Gasteiger partial charge in [-0.2, -0.15) is 0 Å². The first kappa shape index (κ1) is 38.0. The molecule has 6 nitrogen and oxygen atoms in total. The van der Waals surface area contributed by atoms with E-state index in [1.807, 2.05) is 163 Å². The molecule has 2 unspecified atom stereocenters. The van der Waals surface area contributed by atoms with Crippen molar-refractivity contribution in [2.75, 3.05) is 0 Å². The molecular formula is C45H56N2O4. The third-order valence-electron chi connectivity index (χ3n) is 10.5. The van der Waals surface area contributed by atoms with Gasteiger partial charge in [-0.05, 0) is 45.9 Å². The highest BCUT2D eigenvalue weighted by molar-refractivity contribution is 6.07. The average Bonchev–Trinajstić information content (AvgIpc) is 3.87. The van der Waals surface area contributed by atoms with Crippen LogP contribution in [0.4, 0.5) is 0 Å². The summed E-state index contributed by atoms with van der Waals surface area (Å²) in [4.78, 5) is 30.6. The standard InChI is InChI=1S/C45H56N2O4/c1-41(2,3)37(44(50,29-33-19-11-7-12-20-33)30-34-21-13-8-14-22-34)47(40(49)43(27-28-43)39(46)48)38(42(4,5)6)45(51,31-35-23-15-9-16-24-35)32-36-25-17-10-18-26-36/h7-26,37-38,50-51H,27-32H2,1-6H3,(H2,46,48). The molecule has 1 saturated carbocycles. The number of hydrogen-bond acceptors (Lipinski definition) is 4. The van der Waals surface area contributed by atoms with Crippen molar-refractivity contribution in [1.82, 2.24) is 4.90 Å². The normalized spacial score (nSPS) is 15.8. The summed E-state index contributed by atoms with van der Waals surface area (Å²) in [6, 6.07) is 37.7. The fraction of sp³-hybridized carbons (Fsp3) is 0.422. The van der Waals surface area contributed by atoms with Crippen molar-refractivity contribution in [3.05, 3.63) is 144 Å². The van der Waals surface area contributed by atoms with E-state index in [-0.39, 0.29) is 25.7 Å². The molecular weight excluding hydrogens is 633 g/mol. The summed E-state index contributed by atoms with van der Waals surface area (Å²) < 4.78 is 0. The number of rotatable bonds is 14. The van der Waals surface area contributed by atoms with Gasteiger partial charge in [0.05, 0.1) is 23.3 Å². The summed E-state index contributed by atoms with van der Waals surface area (Å²) in [7, 11) is 0. The third-order valence-corrected chi connectivity index (χ3v) is 10.5. The fourth-order valence-electron chi connectivity index (χ4n) is 8.59. The van der Waals surface area contributed by atoms with Gasteiger partial charge < -0.3 is 20.8 Å². The molecule has 1 aliphatic rings. The topological polar surface area (TPSA) is 104 Å². The lowest BCUT2D eigenvalue weighted by molar-refractivity contribution is -0.187. The summed E-state index contributed by atoms with van der Waals surface area (Å²) in [5.41, 5.74) is 3.84. The first-order valence-corrected chi connectivity index (χ1v) is 18.2. The van der Waals surface area contributed by atoms with Gasteiger partial charge in [-0.1, -0.05) is 163 Å². The van der Waals surface area contributed by atoms with Gasteiger partial charge in [0.2, 0.25) is 11.8 Å². The van der Waals surface area contributed by atoms with Crippen LogP contribution in [0.5, 0.6) is 0 Å². The van der Waals surface area contributed by atoms with Gasteiger partial charge >= 0.3 is 0 Å². The molecule has 0 aliphatic heterocycles. The van der Waals surface area contributed by atoms with Crippen molar-refractivity contribution in [3.63, 3.8) is 0 Å². The van der Waals surface area contributed by atoms with E-state index in [0.717, 1.165) is 22.3 Å². The molecule has 5 rings (SSSR count). The molecule has 1 aliphatic carbocycles. The molecule has 0 heterocycles. The van der Waals surface area contributed by atoms with Crippen molar-refractivity contribution in [1.29, 1.82) is 0 Å². The van der Waals surface area contributed by atoms with Crippen LogP contribution in [0, 0.1) is 16.2 Å². The highest BCUT2D eigenvalue weighted by Crippen LogP contribution is 2.52. The molecule has 4 aromatic rings. The molecule has 2 amide bonds. The Morgan fingerprint density at radius 2 is 0.824 bits per heavy atom. The number of benzene rings is 4. The van der Waals surface area contributed by atoms with Gasteiger partial charge in [-0.3, -0.25) is 9.59 Å². The largest absolute Gasteiger partial charge is 0.387 e. The Labute approximate surface area is 304 Å². The van der Waals surface area contributed by atoms with E-state index in [1.165, 1.54) is 0 Å². The van der Waals surface area contributed by atoms with Gasteiger partial charge in [-0.15, -0.1) is 0 Å². The van der Waals surface area contributed by atoms with Crippen molar-refractivity contribution in [2.45, 2.75) is 103 Å². The smallest absolute Gasteiger partial charge is 0.238 e. The van der Waals surface area contributed by atoms with Crippen molar-refractivity contribution < 1.29 is 19.8 Å². The predicted molar refractivity (Wildman–Crippen MR) is 205 cm³/mol. The van der Waals surface area contributed by atoms with Gasteiger partial charge in [0, 0.05) is 25.7 Å². The molecule has 2 atom stereocenters. The van der Waals surface area contributed by atoms with E-state index in [2.05, 4.69) is 0 Å². The molecule has 0 bridgehead atoms. The average molecular weight is 689 g/mol. The second-order valence-electron chi connectivity index (χ2n) is 17.1. The molecule has 0 saturated heterocycles. The highest BCUT2D eigenvalue weighted by atomic mass is 16.3. The van der Waals surface area contributed by atoms with Crippen LogP contribution in [0.2, 0.25) is 0 Å². The first-order chi connectivity index (χ1) is 24.0. The maximum absolute atomic E-state index is 15.6. The Kier molecular flexibility index (Phi) is 11.0. The quantitative estimate of drug-likeness (QED) is 0.121. The monoisotopic (exact) mass is 688 g/mol. The van der Waals surface area contributed by atoms with E-state index < -0.39 is 51.3 Å². The highest BCUT2D eigenvalue weighted by Gasteiger charge is 2.64. The zero-order valence-corrected chi connectivity index (χ0v) is 31.2. The number of carbonyl (C=O) groups is 2. The minimum Gasteiger partial charge on any atom is -0.387 e. The Balaban J connectivity index is 1.81.